The van der Waals surface area contributed by atoms with E-state index < -0.39 is 40.8 Å². The summed E-state index contributed by atoms with van der Waals surface area (Å²) in [6, 6.07) is 0. The lowest BCUT2D eigenvalue weighted by Crippen LogP contribution is -2.75. The average molecular weight is 312 g/mol. The smallest absolute Gasteiger partial charge is 0.410 e. The van der Waals surface area contributed by atoms with Gasteiger partial charge >= 0.3 is 12.1 Å². The molecule has 1 spiro atoms. The van der Waals surface area contributed by atoms with Gasteiger partial charge in [-0.3, -0.25) is 14.4 Å². The van der Waals surface area contributed by atoms with Crippen LogP contribution in [0.2, 0.25) is 0 Å². The SMILES string of the molecule is COC(=O)[C@@H]1C(=O)CC2(CN(C(=O)OC(C)(C)C)C2)NC1=O. The lowest BCUT2D eigenvalue weighted by atomic mass is 9.77. The molecule has 2 aliphatic heterocycles. The Morgan fingerprint density at radius 3 is 2.32 bits per heavy atom. The second-order valence-electron chi connectivity index (χ2n) is 6.71. The van der Waals surface area contributed by atoms with Gasteiger partial charge in [-0.1, -0.05) is 0 Å². The van der Waals surface area contributed by atoms with E-state index in [4.69, 9.17) is 4.74 Å². The Bertz CT molecular complexity index is 510. The molecule has 0 aromatic rings. The van der Waals surface area contributed by atoms with Gasteiger partial charge in [0.1, 0.15) is 5.60 Å². The molecule has 0 aromatic heterocycles. The van der Waals surface area contributed by atoms with Gasteiger partial charge in [-0.05, 0) is 20.8 Å². The number of nitrogens with zero attached hydrogens (tertiary/aromatic N) is 1. The highest BCUT2D eigenvalue weighted by Gasteiger charge is 2.55. The summed E-state index contributed by atoms with van der Waals surface area (Å²) in [4.78, 5) is 48.7. The van der Waals surface area contributed by atoms with Crippen molar-refractivity contribution < 1.29 is 28.7 Å². The van der Waals surface area contributed by atoms with Crippen molar-refractivity contribution in [3.8, 4) is 0 Å². The summed E-state index contributed by atoms with van der Waals surface area (Å²) in [6.45, 7) is 5.65. The number of ether oxygens (including phenoxy) is 2. The summed E-state index contributed by atoms with van der Waals surface area (Å²) >= 11 is 0. The van der Waals surface area contributed by atoms with Gasteiger partial charge in [-0.2, -0.15) is 0 Å². The van der Waals surface area contributed by atoms with E-state index in [-0.39, 0.29) is 19.5 Å². The van der Waals surface area contributed by atoms with Crippen molar-refractivity contribution in [2.45, 2.75) is 38.3 Å². The quantitative estimate of drug-likeness (QED) is 0.534. The highest BCUT2D eigenvalue weighted by Crippen LogP contribution is 2.31. The van der Waals surface area contributed by atoms with Gasteiger partial charge in [0.25, 0.3) is 0 Å². The van der Waals surface area contributed by atoms with Crippen LogP contribution >= 0.6 is 0 Å². The van der Waals surface area contributed by atoms with Gasteiger partial charge in [-0.25, -0.2) is 4.79 Å². The number of likely N-dealkylation sites (tertiary alicyclic amines) is 1. The van der Waals surface area contributed by atoms with Crippen molar-refractivity contribution in [2.75, 3.05) is 20.2 Å². The molecule has 122 valence electrons. The number of piperidine rings is 1. The van der Waals surface area contributed by atoms with Gasteiger partial charge in [-0.15, -0.1) is 0 Å². The zero-order valence-electron chi connectivity index (χ0n) is 13.1. The van der Waals surface area contributed by atoms with Crippen molar-refractivity contribution in [2.24, 2.45) is 5.92 Å². The van der Waals surface area contributed by atoms with E-state index in [1.165, 1.54) is 4.90 Å². The molecule has 2 rings (SSSR count). The molecule has 0 unspecified atom stereocenters. The van der Waals surface area contributed by atoms with Crippen LogP contribution in [0.25, 0.3) is 0 Å². The summed E-state index contributed by atoms with van der Waals surface area (Å²) in [5.74, 6) is -3.43. The minimum Gasteiger partial charge on any atom is -0.468 e. The van der Waals surface area contributed by atoms with Gasteiger partial charge in [0.2, 0.25) is 5.91 Å². The predicted octanol–water partition coefficient (Wildman–Crippen LogP) is -0.146. The van der Waals surface area contributed by atoms with Gasteiger partial charge in [0.05, 0.1) is 12.6 Å². The number of Topliss-reactive ketones (excluding diaryl/α,β-unsaturated/α-hetero) is 1. The summed E-state index contributed by atoms with van der Waals surface area (Å²) in [5.41, 5.74) is -1.41. The van der Waals surface area contributed by atoms with Crippen molar-refractivity contribution in [3.63, 3.8) is 0 Å². The first-order valence-corrected chi connectivity index (χ1v) is 6.97. The zero-order valence-corrected chi connectivity index (χ0v) is 13.1. The molecule has 2 saturated heterocycles. The second kappa shape index (κ2) is 5.26. The maximum atomic E-state index is 12.0. The highest BCUT2D eigenvalue weighted by atomic mass is 16.6. The van der Waals surface area contributed by atoms with Crippen LogP contribution in [0.15, 0.2) is 0 Å². The molecular formula is C14H20N2O6. The van der Waals surface area contributed by atoms with Crippen molar-refractivity contribution in [1.29, 1.82) is 0 Å². The van der Waals surface area contributed by atoms with E-state index in [1.807, 2.05) is 0 Å². The number of methoxy groups -OCH3 is 1. The number of hydrogen-bond acceptors (Lipinski definition) is 6. The Labute approximate surface area is 128 Å². The van der Waals surface area contributed by atoms with Crippen molar-refractivity contribution in [1.82, 2.24) is 10.2 Å². The summed E-state index contributed by atoms with van der Waals surface area (Å²) in [6.07, 6.45) is -0.493. The highest BCUT2D eigenvalue weighted by molar-refractivity contribution is 6.18. The molecule has 0 aliphatic carbocycles. The summed E-state index contributed by atoms with van der Waals surface area (Å²) < 4.78 is 9.68. The Kier molecular flexibility index (Phi) is 3.88. The third kappa shape index (κ3) is 3.05. The van der Waals surface area contributed by atoms with Gasteiger partial charge < -0.3 is 19.7 Å². The predicted molar refractivity (Wildman–Crippen MR) is 73.8 cm³/mol. The van der Waals surface area contributed by atoms with E-state index in [2.05, 4.69) is 10.1 Å². The van der Waals surface area contributed by atoms with E-state index in [0.717, 1.165) is 7.11 Å². The average Bonchev–Trinajstić information content (AvgIpc) is 2.32. The number of carbonyl (C=O) groups excluding carboxylic acids is 4. The van der Waals surface area contributed by atoms with Crippen molar-refractivity contribution in [3.05, 3.63) is 0 Å². The van der Waals surface area contributed by atoms with Crippen LogP contribution in [-0.4, -0.2) is 60.0 Å². The third-order valence-corrected chi connectivity index (χ3v) is 3.56. The molecule has 8 nitrogen and oxygen atoms in total. The second-order valence-corrected chi connectivity index (χ2v) is 6.71. The van der Waals surface area contributed by atoms with Crippen LogP contribution in [0.4, 0.5) is 4.79 Å². The topological polar surface area (TPSA) is 102 Å². The molecule has 2 amide bonds. The van der Waals surface area contributed by atoms with Crippen molar-refractivity contribution >= 4 is 23.8 Å². The number of amides is 2. The fraction of sp³-hybridized carbons (Fsp3) is 0.714. The molecule has 2 heterocycles. The fourth-order valence-electron chi connectivity index (χ4n) is 2.65. The molecule has 1 N–H and O–H groups in total. The Hall–Kier alpha value is -2.12. The maximum absolute atomic E-state index is 12.0. The summed E-state index contributed by atoms with van der Waals surface area (Å²) in [5, 5.41) is 2.66. The lowest BCUT2D eigenvalue weighted by Gasteiger charge is -2.52. The monoisotopic (exact) mass is 312 g/mol. The van der Waals surface area contributed by atoms with Gasteiger partial charge in [0, 0.05) is 19.5 Å². The number of carbonyl (C=O) groups is 4. The van der Waals surface area contributed by atoms with E-state index >= 15 is 0 Å². The molecular weight excluding hydrogens is 292 g/mol. The van der Waals surface area contributed by atoms with E-state index in [9.17, 15) is 19.2 Å². The van der Waals surface area contributed by atoms with Gasteiger partial charge in [0.15, 0.2) is 11.7 Å². The normalized spacial score (nSPS) is 23.6. The molecule has 1 atom stereocenters. The number of esters is 1. The number of ketones is 1. The molecule has 0 bridgehead atoms. The summed E-state index contributed by atoms with van der Waals surface area (Å²) in [7, 11) is 1.13. The maximum Gasteiger partial charge on any atom is 0.410 e. The standard InChI is InChI=1S/C14H20N2O6/c1-13(2,3)22-12(20)16-6-14(7-16)5-8(17)9(10(18)15-14)11(19)21-4/h9H,5-7H2,1-4H3,(H,15,18)/t9-/m1/s1. The van der Waals surface area contributed by atoms with Crippen LogP contribution < -0.4 is 5.32 Å². The van der Waals surface area contributed by atoms with Crippen LogP contribution in [0.5, 0.6) is 0 Å². The first-order chi connectivity index (χ1) is 10.1. The molecule has 22 heavy (non-hydrogen) atoms. The molecule has 0 aromatic carbocycles. The number of rotatable bonds is 1. The Balaban J connectivity index is 1.97. The molecule has 0 radical (unpaired) electrons. The molecule has 0 saturated carbocycles. The number of hydrogen-bond donors (Lipinski definition) is 1. The number of nitrogens with one attached hydrogen (secondary N) is 1. The minimum absolute atomic E-state index is 0.00218. The van der Waals surface area contributed by atoms with Crippen LogP contribution in [0.3, 0.4) is 0 Å². The Morgan fingerprint density at radius 1 is 1.27 bits per heavy atom. The van der Waals surface area contributed by atoms with Crippen LogP contribution in [0, 0.1) is 5.92 Å². The molecule has 2 fully saturated rings. The molecule has 8 heteroatoms. The van der Waals surface area contributed by atoms with E-state index in [0.29, 0.717) is 0 Å². The lowest BCUT2D eigenvalue weighted by molar-refractivity contribution is -0.159. The Morgan fingerprint density at radius 2 is 1.86 bits per heavy atom. The van der Waals surface area contributed by atoms with Crippen LogP contribution in [0.1, 0.15) is 27.2 Å². The molecule has 2 aliphatic rings. The zero-order chi connectivity index (χ0) is 16.7. The third-order valence-electron chi connectivity index (χ3n) is 3.56. The minimum atomic E-state index is -1.41. The van der Waals surface area contributed by atoms with Crippen LogP contribution in [-0.2, 0) is 23.9 Å². The largest absolute Gasteiger partial charge is 0.468 e. The van der Waals surface area contributed by atoms with E-state index in [1.54, 1.807) is 20.8 Å². The first kappa shape index (κ1) is 16.3. The first-order valence-electron chi connectivity index (χ1n) is 6.97. The fourth-order valence-corrected chi connectivity index (χ4v) is 2.65.